The first-order valence-electron chi connectivity index (χ1n) is 13.1. The fraction of sp³-hybridized carbons (Fsp3) is 0.500. The van der Waals surface area contributed by atoms with Gasteiger partial charge in [0, 0.05) is 6.42 Å². The van der Waals surface area contributed by atoms with Crippen molar-refractivity contribution in [3.05, 3.63) is 76.4 Å². The second kappa shape index (κ2) is 19.8. The first-order valence-corrected chi connectivity index (χ1v) is 13.1. The Morgan fingerprint density at radius 2 is 1.38 bits per heavy atom. The van der Waals surface area contributed by atoms with E-state index < -0.39 is 17.0 Å². The van der Waals surface area contributed by atoms with Gasteiger partial charge in [-0.25, -0.2) is 0 Å². The van der Waals surface area contributed by atoms with Crippen LogP contribution in [0.25, 0.3) is 0 Å². The third-order valence-electron chi connectivity index (χ3n) is 5.68. The van der Waals surface area contributed by atoms with Crippen LogP contribution in [-0.4, -0.2) is 25.1 Å². The Morgan fingerprint density at radius 3 is 1.89 bits per heavy atom. The predicted molar refractivity (Wildman–Crippen MR) is 149 cm³/mol. The number of esters is 1. The number of rotatable bonds is 19. The van der Waals surface area contributed by atoms with Gasteiger partial charge in [-0.1, -0.05) is 68.4 Å². The van der Waals surface area contributed by atoms with Crippen LogP contribution in [0.2, 0.25) is 0 Å². The number of nitrogens with zero attached hydrogens (tertiary/aromatic N) is 1. The minimum absolute atomic E-state index is 0.181. The van der Waals surface area contributed by atoms with Crippen LogP contribution < -0.4 is 9.47 Å². The fourth-order valence-electron chi connectivity index (χ4n) is 3.61. The molecule has 1 atom stereocenters. The number of nitro groups is 1. The van der Waals surface area contributed by atoms with Crippen molar-refractivity contribution in [1.82, 2.24) is 0 Å². The third kappa shape index (κ3) is 13.5. The van der Waals surface area contributed by atoms with E-state index in [4.69, 9.17) is 14.2 Å². The van der Waals surface area contributed by atoms with E-state index in [1.807, 2.05) is 0 Å². The zero-order chi connectivity index (χ0) is 27.3. The quantitative estimate of drug-likeness (QED) is 0.0607. The van der Waals surface area contributed by atoms with Crippen molar-refractivity contribution in [1.29, 1.82) is 0 Å². The van der Waals surface area contributed by atoms with Crippen LogP contribution in [0.15, 0.2) is 60.7 Å². The molecule has 0 bridgehead atoms. The van der Waals surface area contributed by atoms with Crippen molar-refractivity contribution in [2.45, 2.75) is 84.2 Å². The highest BCUT2D eigenvalue weighted by molar-refractivity contribution is 5.70. The zero-order valence-corrected chi connectivity index (χ0v) is 22.8. The van der Waals surface area contributed by atoms with Gasteiger partial charge in [0.05, 0.1) is 30.8 Å². The summed E-state index contributed by atoms with van der Waals surface area (Å²) >= 11 is 0. The molecule has 0 N–H and O–H groups in total. The van der Waals surface area contributed by atoms with Gasteiger partial charge in [0.1, 0.15) is 6.10 Å². The monoisotopic (exact) mass is 513 g/mol. The molecule has 1 rings (SSSR count). The van der Waals surface area contributed by atoms with E-state index in [1.165, 1.54) is 52.0 Å². The van der Waals surface area contributed by atoms with E-state index in [2.05, 4.69) is 55.5 Å². The van der Waals surface area contributed by atoms with Gasteiger partial charge >= 0.3 is 5.97 Å². The Hall–Kier alpha value is -3.35. The highest BCUT2D eigenvalue weighted by Gasteiger charge is 2.25. The maximum absolute atomic E-state index is 12.3. The number of allylic oxidation sites excluding steroid dienone is 8. The summed E-state index contributed by atoms with van der Waals surface area (Å²) in [6.07, 6.45) is 26.0. The number of ether oxygens (including phenoxy) is 3. The van der Waals surface area contributed by atoms with Crippen LogP contribution in [0.1, 0.15) is 89.7 Å². The number of hydrogen-bond acceptors (Lipinski definition) is 6. The van der Waals surface area contributed by atoms with Gasteiger partial charge in [-0.3, -0.25) is 14.9 Å². The molecule has 0 saturated heterocycles. The normalized spacial score (nSPS) is 12.6. The molecule has 0 radical (unpaired) electrons. The molecule has 1 unspecified atom stereocenters. The van der Waals surface area contributed by atoms with E-state index in [9.17, 15) is 14.9 Å². The summed E-state index contributed by atoms with van der Waals surface area (Å²) in [7, 11) is 2.85. The summed E-state index contributed by atoms with van der Waals surface area (Å²) in [5.41, 5.74) is 0.0791. The maximum Gasteiger partial charge on any atom is 0.306 e. The van der Waals surface area contributed by atoms with Crippen molar-refractivity contribution in [3.63, 3.8) is 0 Å². The molecule has 0 heterocycles. The highest BCUT2D eigenvalue weighted by atomic mass is 16.6. The molecule has 0 saturated carbocycles. The standard InChI is InChI=1S/C30H43NO6/c1-5-6-7-8-9-10-11-12-13-14-15-16-17-18-19-20-21-22-30(32)37-25(2)26-23-28(35-3)29(36-4)24-27(26)31(33)34/h9-10,12-13,15-16,18-19,23-25H,5-8,11,14,17,20-22H2,1-4H3/b10-9-,13-12-,16-15-,19-18-. The molecule has 1 aromatic carbocycles. The van der Waals surface area contributed by atoms with Crippen LogP contribution >= 0.6 is 0 Å². The lowest BCUT2D eigenvalue weighted by Gasteiger charge is -2.16. The molecular weight excluding hydrogens is 470 g/mol. The van der Waals surface area contributed by atoms with E-state index in [1.54, 1.807) is 6.92 Å². The van der Waals surface area contributed by atoms with E-state index >= 15 is 0 Å². The molecule has 0 aliphatic heterocycles. The molecule has 7 heteroatoms. The average Bonchev–Trinajstić information content (AvgIpc) is 2.89. The van der Waals surface area contributed by atoms with Gasteiger partial charge in [0.25, 0.3) is 5.69 Å². The number of carbonyl (C=O) groups excluding carboxylic acids is 1. The van der Waals surface area contributed by atoms with Gasteiger partial charge in [-0.05, 0) is 57.9 Å². The summed E-state index contributed by atoms with van der Waals surface area (Å²) in [5.74, 6) is 0.189. The minimum atomic E-state index is -0.788. The van der Waals surface area contributed by atoms with E-state index in [-0.39, 0.29) is 23.4 Å². The minimum Gasteiger partial charge on any atom is -0.493 e. The first kappa shape index (κ1) is 31.7. The van der Waals surface area contributed by atoms with Gasteiger partial charge in [0.15, 0.2) is 11.5 Å². The fourth-order valence-corrected chi connectivity index (χ4v) is 3.61. The molecule has 0 spiro atoms. The lowest BCUT2D eigenvalue weighted by atomic mass is 10.1. The van der Waals surface area contributed by atoms with Gasteiger partial charge < -0.3 is 14.2 Å². The van der Waals surface area contributed by atoms with Crippen molar-refractivity contribution in [3.8, 4) is 11.5 Å². The number of hydrogen-bond donors (Lipinski definition) is 0. The predicted octanol–water partition coefficient (Wildman–Crippen LogP) is 8.36. The second-order valence-electron chi connectivity index (χ2n) is 8.64. The van der Waals surface area contributed by atoms with Gasteiger partial charge in [-0.15, -0.1) is 0 Å². The van der Waals surface area contributed by atoms with Crippen molar-refractivity contribution in [2.75, 3.05) is 14.2 Å². The number of carbonyl (C=O) groups is 1. The molecule has 7 nitrogen and oxygen atoms in total. The van der Waals surface area contributed by atoms with E-state index in [0.717, 1.165) is 25.7 Å². The van der Waals surface area contributed by atoms with E-state index in [0.29, 0.717) is 12.2 Å². The molecule has 0 aromatic heterocycles. The summed E-state index contributed by atoms with van der Waals surface area (Å²) in [6.45, 7) is 3.83. The largest absolute Gasteiger partial charge is 0.493 e. The number of methoxy groups -OCH3 is 2. The van der Waals surface area contributed by atoms with Crippen molar-refractivity contribution >= 4 is 11.7 Å². The molecule has 37 heavy (non-hydrogen) atoms. The summed E-state index contributed by atoms with van der Waals surface area (Å²) in [5, 5.41) is 11.5. The number of unbranched alkanes of at least 4 members (excludes halogenated alkanes) is 4. The Balaban J connectivity index is 2.30. The summed E-state index contributed by atoms with van der Waals surface area (Å²) < 4.78 is 15.8. The molecule has 0 amide bonds. The Kier molecular flexibility index (Phi) is 16.9. The van der Waals surface area contributed by atoms with Crippen molar-refractivity contribution in [2.24, 2.45) is 0 Å². The van der Waals surface area contributed by atoms with Gasteiger partial charge in [0.2, 0.25) is 0 Å². The Morgan fingerprint density at radius 1 is 0.865 bits per heavy atom. The van der Waals surface area contributed by atoms with Crippen LogP contribution in [0.5, 0.6) is 11.5 Å². The summed E-state index contributed by atoms with van der Waals surface area (Å²) in [4.78, 5) is 23.2. The Labute approximate surface area is 222 Å². The SMILES string of the molecule is CCCCC/C=C\C/C=C\C/C=C\C/C=C\CCCC(=O)OC(C)c1cc(OC)c(OC)cc1[N+](=O)[O-]. The van der Waals surface area contributed by atoms with Crippen LogP contribution in [0.3, 0.4) is 0 Å². The van der Waals surface area contributed by atoms with Crippen LogP contribution in [0, 0.1) is 10.1 Å². The average molecular weight is 514 g/mol. The summed E-state index contributed by atoms with van der Waals surface area (Å²) in [6, 6.07) is 2.76. The third-order valence-corrected chi connectivity index (χ3v) is 5.68. The molecule has 1 aromatic rings. The van der Waals surface area contributed by atoms with Crippen LogP contribution in [0.4, 0.5) is 5.69 Å². The van der Waals surface area contributed by atoms with Crippen molar-refractivity contribution < 1.29 is 23.9 Å². The first-order chi connectivity index (χ1) is 17.9. The molecule has 0 aliphatic rings. The highest BCUT2D eigenvalue weighted by Crippen LogP contribution is 2.38. The van der Waals surface area contributed by atoms with Crippen LogP contribution in [-0.2, 0) is 9.53 Å². The number of nitro benzene ring substituents is 1. The topological polar surface area (TPSA) is 87.9 Å². The maximum atomic E-state index is 12.3. The zero-order valence-electron chi connectivity index (χ0n) is 22.8. The lowest BCUT2D eigenvalue weighted by molar-refractivity contribution is -0.386. The molecule has 204 valence electrons. The Bertz CT molecular complexity index is 932. The molecule has 0 aliphatic carbocycles. The lowest BCUT2D eigenvalue weighted by Crippen LogP contribution is -2.11. The van der Waals surface area contributed by atoms with Gasteiger partial charge in [-0.2, -0.15) is 0 Å². The molecular formula is C30H43NO6. The molecule has 0 fully saturated rings. The second-order valence-corrected chi connectivity index (χ2v) is 8.64. The smallest absolute Gasteiger partial charge is 0.306 e. The number of benzene rings is 1.